The third-order valence-electron chi connectivity index (χ3n) is 2.37. The predicted molar refractivity (Wildman–Crippen MR) is 62.2 cm³/mol. The molecule has 0 aliphatic heterocycles. The van der Waals surface area contributed by atoms with Gasteiger partial charge in [-0.3, -0.25) is 0 Å². The molecular weight excluding hydrogens is 210 g/mol. The number of sulfone groups is 1. The van der Waals surface area contributed by atoms with E-state index in [1.165, 1.54) is 0 Å². The maximum absolute atomic E-state index is 11.5. The second kappa shape index (κ2) is 6.12. The van der Waals surface area contributed by atoms with Gasteiger partial charge in [-0.2, -0.15) is 5.26 Å². The topological polar surface area (TPSA) is 57.9 Å². The fourth-order valence-electron chi connectivity index (χ4n) is 1.26. The summed E-state index contributed by atoms with van der Waals surface area (Å²) in [5, 5.41) is 8.77. The van der Waals surface area contributed by atoms with Crippen LogP contribution in [0.4, 0.5) is 0 Å². The summed E-state index contributed by atoms with van der Waals surface area (Å²) in [7, 11) is -2.88. The minimum atomic E-state index is -2.88. The van der Waals surface area contributed by atoms with Crippen molar-refractivity contribution in [1.82, 2.24) is 0 Å². The molecule has 0 aromatic rings. The zero-order valence-corrected chi connectivity index (χ0v) is 10.7. The summed E-state index contributed by atoms with van der Waals surface area (Å²) in [6.07, 6.45) is 2.88. The summed E-state index contributed by atoms with van der Waals surface area (Å²) in [6.45, 7) is 5.66. The molecule has 0 amide bonds. The van der Waals surface area contributed by atoms with Crippen molar-refractivity contribution >= 4 is 9.84 Å². The predicted octanol–water partition coefficient (Wildman–Crippen LogP) is 2.53. The highest BCUT2D eigenvalue weighted by atomic mass is 32.2. The van der Waals surface area contributed by atoms with Gasteiger partial charge in [-0.1, -0.05) is 13.3 Å². The Hall–Kier alpha value is -0.560. The first-order valence-electron chi connectivity index (χ1n) is 5.44. The lowest BCUT2D eigenvalue weighted by Gasteiger charge is -2.14. The molecule has 15 heavy (non-hydrogen) atoms. The van der Waals surface area contributed by atoms with Gasteiger partial charge in [-0.15, -0.1) is 0 Å². The fourth-order valence-corrected chi connectivity index (χ4v) is 2.77. The lowest BCUT2D eigenvalue weighted by Crippen LogP contribution is -2.14. The first-order chi connectivity index (χ1) is 6.83. The van der Waals surface area contributed by atoms with Crippen LogP contribution < -0.4 is 0 Å². The molecule has 0 unspecified atom stereocenters. The van der Waals surface area contributed by atoms with Crippen molar-refractivity contribution in [2.75, 3.05) is 11.5 Å². The van der Waals surface area contributed by atoms with E-state index in [9.17, 15) is 8.42 Å². The van der Waals surface area contributed by atoms with Crippen LogP contribution in [0.2, 0.25) is 0 Å². The molecule has 0 radical (unpaired) electrons. The van der Waals surface area contributed by atoms with Crippen LogP contribution >= 0.6 is 0 Å². The zero-order valence-electron chi connectivity index (χ0n) is 9.91. The smallest absolute Gasteiger partial charge is 0.150 e. The molecule has 0 bridgehead atoms. The Balaban J connectivity index is 3.92. The van der Waals surface area contributed by atoms with Crippen LogP contribution in [0, 0.1) is 16.7 Å². The fraction of sp³-hybridized carbons (Fsp3) is 0.909. The Labute approximate surface area is 93.4 Å². The van der Waals surface area contributed by atoms with Crippen LogP contribution in [-0.2, 0) is 9.84 Å². The Morgan fingerprint density at radius 2 is 1.73 bits per heavy atom. The molecule has 0 fully saturated rings. The third kappa shape index (κ3) is 7.38. The molecule has 0 aliphatic carbocycles. The summed E-state index contributed by atoms with van der Waals surface area (Å²) < 4.78 is 23.0. The van der Waals surface area contributed by atoms with Crippen LogP contribution in [0.3, 0.4) is 0 Å². The van der Waals surface area contributed by atoms with Crippen molar-refractivity contribution in [3.63, 3.8) is 0 Å². The Bertz CT molecular complexity index is 312. The molecule has 0 saturated carbocycles. The van der Waals surface area contributed by atoms with Gasteiger partial charge < -0.3 is 0 Å². The quantitative estimate of drug-likeness (QED) is 0.676. The van der Waals surface area contributed by atoms with Crippen molar-refractivity contribution in [1.29, 1.82) is 5.26 Å². The lowest BCUT2D eigenvalue weighted by molar-refractivity contribution is 0.445. The summed E-state index contributed by atoms with van der Waals surface area (Å²) in [5.74, 6) is 0.509. The van der Waals surface area contributed by atoms with E-state index in [0.29, 0.717) is 12.8 Å². The molecular formula is C11H21NO2S. The van der Waals surface area contributed by atoms with E-state index in [2.05, 4.69) is 6.07 Å². The molecule has 0 aromatic carbocycles. The van der Waals surface area contributed by atoms with Gasteiger partial charge in [0.2, 0.25) is 0 Å². The molecule has 0 N–H and O–H groups in total. The number of nitrogens with zero attached hydrogens (tertiary/aromatic N) is 1. The average molecular weight is 231 g/mol. The molecule has 88 valence electrons. The van der Waals surface area contributed by atoms with E-state index in [1.807, 2.05) is 20.8 Å². The van der Waals surface area contributed by atoms with Crippen LogP contribution in [0.1, 0.15) is 46.5 Å². The highest BCUT2D eigenvalue weighted by molar-refractivity contribution is 7.91. The van der Waals surface area contributed by atoms with Crippen LogP contribution in [0.15, 0.2) is 0 Å². The van der Waals surface area contributed by atoms with E-state index in [4.69, 9.17) is 5.26 Å². The number of nitriles is 1. The third-order valence-corrected chi connectivity index (χ3v) is 4.19. The van der Waals surface area contributed by atoms with E-state index in [-0.39, 0.29) is 11.5 Å². The van der Waals surface area contributed by atoms with Crippen LogP contribution in [0.25, 0.3) is 0 Å². The molecule has 3 nitrogen and oxygen atoms in total. The van der Waals surface area contributed by atoms with Crippen molar-refractivity contribution in [3.05, 3.63) is 0 Å². The molecule has 4 heteroatoms. The van der Waals surface area contributed by atoms with Gasteiger partial charge in [0.15, 0.2) is 0 Å². The summed E-state index contributed by atoms with van der Waals surface area (Å²) >= 11 is 0. The van der Waals surface area contributed by atoms with Crippen LogP contribution in [0.5, 0.6) is 0 Å². The SMILES string of the molecule is CCCCS(=O)(=O)CCCC(C)(C)C#N. The van der Waals surface area contributed by atoms with Crippen LogP contribution in [-0.4, -0.2) is 19.9 Å². The Morgan fingerprint density at radius 3 is 2.20 bits per heavy atom. The van der Waals surface area contributed by atoms with Gasteiger partial charge in [0, 0.05) is 0 Å². The minimum absolute atomic E-state index is 0.220. The summed E-state index contributed by atoms with van der Waals surface area (Å²) in [4.78, 5) is 0. The van der Waals surface area contributed by atoms with Gasteiger partial charge in [0.05, 0.1) is 23.0 Å². The molecule has 0 aromatic heterocycles. The average Bonchev–Trinajstić information content (AvgIpc) is 2.14. The molecule has 0 atom stereocenters. The molecule has 0 rings (SSSR count). The summed E-state index contributed by atoms with van der Waals surface area (Å²) in [6, 6.07) is 2.18. The number of hydrogen-bond acceptors (Lipinski definition) is 3. The first-order valence-corrected chi connectivity index (χ1v) is 7.27. The second-order valence-corrected chi connectivity index (χ2v) is 6.91. The minimum Gasteiger partial charge on any atom is -0.229 e. The highest BCUT2D eigenvalue weighted by Crippen LogP contribution is 2.21. The van der Waals surface area contributed by atoms with Crippen molar-refractivity contribution in [2.24, 2.45) is 5.41 Å². The number of rotatable bonds is 7. The lowest BCUT2D eigenvalue weighted by atomic mass is 9.90. The summed E-state index contributed by atoms with van der Waals surface area (Å²) in [5.41, 5.74) is -0.403. The molecule has 0 spiro atoms. The van der Waals surface area contributed by atoms with Crippen molar-refractivity contribution in [2.45, 2.75) is 46.5 Å². The van der Waals surface area contributed by atoms with Gasteiger partial charge >= 0.3 is 0 Å². The zero-order chi connectivity index (χ0) is 11.9. The normalized spacial score (nSPS) is 12.4. The van der Waals surface area contributed by atoms with Crippen molar-refractivity contribution < 1.29 is 8.42 Å². The molecule has 0 aliphatic rings. The van der Waals surface area contributed by atoms with Gasteiger partial charge in [-0.05, 0) is 33.1 Å². The largest absolute Gasteiger partial charge is 0.229 e. The van der Waals surface area contributed by atoms with Gasteiger partial charge in [0.1, 0.15) is 9.84 Å². The van der Waals surface area contributed by atoms with Gasteiger partial charge in [-0.25, -0.2) is 8.42 Å². The molecule has 0 heterocycles. The van der Waals surface area contributed by atoms with E-state index < -0.39 is 15.3 Å². The molecule has 0 saturated heterocycles. The van der Waals surface area contributed by atoms with Gasteiger partial charge in [0.25, 0.3) is 0 Å². The Morgan fingerprint density at radius 1 is 1.20 bits per heavy atom. The van der Waals surface area contributed by atoms with E-state index in [0.717, 1.165) is 12.8 Å². The van der Waals surface area contributed by atoms with Crippen molar-refractivity contribution in [3.8, 4) is 6.07 Å². The Kier molecular flexibility index (Phi) is 5.89. The first kappa shape index (κ1) is 14.4. The van der Waals surface area contributed by atoms with E-state index in [1.54, 1.807) is 0 Å². The standard InChI is InChI=1S/C11H21NO2S/c1-4-5-8-15(13,14)9-6-7-11(2,3)10-12/h4-9H2,1-3H3. The second-order valence-electron chi connectivity index (χ2n) is 4.60. The number of unbranched alkanes of at least 4 members (excludes halogenated alkanes) is 1. The maximum atomic E-state index is 11.5. The monoisotopic (exact) mass is 231 g/mol. The number of hydrogen-bond donors (Lipinski definition) is 0. The highest BCUT2D eigenvalue weighted by Gasteiger charge is 2.18. The van der Waals surface area contributed by atoms with E-state index >= 15 is 0 Å². The maximum Gasteiger partial charge on any atom is 0.150 e.